The molecule has 1 aromatic rings. The van der Waals surface area contributed by atoms with Crippen LogP contribution in [-0.4, -0.2) is 41.9 Å². The number of carbonyl (C=O) groups is 1. The number of nitrogens with zero attached hydrogens (tertiary/aromatic N) is 2. The highest BCUT2D eigenvalue weighted by Crippen LogP contribution is 2.37. The van der Waals surface area contributed by atoms with Crippen LogP contribution in [0.5, 0.6) is 0 Å². The number of hydrogen-bond donors (Lipinski definition) is 1. The third-order valence-electron chi connectivity index (χ3n) is 5.02. The molecule has 6 heteroatoms. The smallest absolute Gasteiger partial charge is 0.235 e. The number of thiophene rings is 1. The summed E-state index contributed by atoms with van der Waals surface area (Å²) < 4.78 is 0. The predicted molar refractivity (Wildman–Crippen MR) is 107 cm³/mol. The summed E-state index contributed by atoms with van der Waals surface area (Å²) in [6.45, 7) is 3.49. The SMILES string of the molecule is N#Cc1c(NC(=O)CSCCN2CCCCCC2)sc2c1CCCC2. The number of rotatable bonds is 6. The van der Waals surface area contributed by atoms with Crippen LogP contribution in [0.1, 0.15) is 54.5 Å². The average Bonchev–Trinajstić information content (AvgIpc) is 2.78. The van der Waals surface area contributed by atoms with Crippen molar-refractivity contribution >= 4 is 34.0 Å². The lowest BCUT2D eigenvalue weighted by Crippen LogP contribution is -2.27. The van der Waals surface area contributed by atoms with Crippen LogP contribution in [0.25, 0.3) is 0 Å². The molecule has 0 spiro atoms. The van der Waals surface area contributed by atoms with Crippen molar-refractivity contribution in [2.45, 2.75) is 51.4 Å². The summed E-state index contributed by atoms with van der Waals surface area (Å²) in [7, 11) is 0. The second kappa shape index (κ2) is 9.61. The largest absolute Gasteiger partial charge is 0.316 e. The van der Waals surface area contributed by atoms with Gasteiger partial charge in [-0.05, 0) is 57.2 Å². The van der Waals surface area contributed by atoms with E-state index >= 15 is 0 Å². The second-order valence-electron chi connectivity index (χ2n) is 6.88. The van der Waals surface area contributed by atoms with Crippen molar-refractivity contribution in [2.24, 2.45) is 0 Å². The first-order valence-corrected chi connectivity index (χ1v) is 11.4. The number of carbonyl (C=O) groups excluding carboxylic acids is 1. The monoisotopic (exact) mass is 377 g/mol. The topological polar surface area (TPSA) is 56.1 Å². The number of fused-ring (bicyclic) bond motifs is 1. The zero-order chi connectivity index (χ0) is 17.5. The molecule has 1 aromatic heterocycles. The summed E-state index contributed by atoms with van der Waals surface area (Å²) >= 11 is 3.30. The van der Waals surface area contributed by atoms with Crippen molar-refractivity contribution < 1.29 is 4.79 Å². The highest BCUT2D eigenvalue weighted by atomic mass is 32.2. The van der Waals surface area contributed by atoms with E-state index in [0.717, 1.165) is 36.6 Å². The summed E-state index contributed by atoms with van der Waals surface area (Å²) in [5.41, 5.74) is 1.89. The van der Waals surface area contributed by atoms with Crippen LogP contribution in [0, 0.1) is 11.3 Å². The van der Waals surface area contributed by atoms with Crippen molar-refractivity contribution in [2.75, 3.05) is 36.5 Å². The van der Waals surface area contributed by atoms with E-state index in [1.165, 1.54) is 55.6 Å². The van der Waals surface area contributed by atoms with Gasteiger partial charge >= 0.3 is 0 Å². The molecule has 1 amide bonds. The first-order chi connectivity index (χ1) is 12.3. The Morgan fingerprint density at radius 2 is 1.92 bits per heavy atom. The molecule has 1 aliphatic carbocycles. The van der Waals surface area contributed by atoms with Crippen LogP contribution in [0.3, 0.4) is 0 Å². The molecular formula is C19H27N3OS2. The Hall–Kier alpha value is -1.03. The molecule has 1 aliphatic heterocycles. The van der Waals surface area contributed by atoms with Gasteiger partial charge in [-0.1, -0.05) is 12.8 Å². The van der Waals surface area contributed by atoms with Crippen LogP contribution >= 0.6 is 23.1 Å². The maximum absolute atomic E-state index is 12.3. The lowest BCUT2D eigenvalue weighted by molar-refractivity contribution is -0.113. The number of aryl methyl sites for hydroxylation is 1. The van der Waals surface area contributed by atoms with E-state index in [9.17, 15) is 10.1 Å². The molecule has 0 radical (unpaired) electrons. The first-order valence-electron chi connectivity index (χ1n) is 9.42. The van der Waals surface area contributed by atoms with Crippen molar-refractivity contribution in [1.29, 1.82) is 5.26 Å². The van der Waals surface area contributed by atoms with E-state index in [-0.39, 0.29) is 5.91 Å². The van der Waals surface area contributed by atoms with Gasteiger partial charge in [0.1, 0.15) is 11.1 Å². The van der Waals surface area contributed by atoms with Gasteiger partial charge in [-0.2, -0.15) is 17.0 Å². The van der Waals surface area contributed by atoms with E-state index in [4.69, 9.17) is 0 Å². The zero-order valence-electron chi connectivity index (χ0n) is 14.8. The molecule has 0 aromatic carbocycles. The number of nitriles is 1. The Labute approximate surface area is 159 Å². The standard InChI is InChI=1S/C19H27N3OS2/c20-13-16-15-7-3-4-8-17(15)25-19(16)21-18(23)14-24-12-11-22-9-5-1-2-6-10-22/h1-12,14H2,(H,21,23). The fraction of sp³-hybridized carbons (Fsp3) is 0.684. The number of amides is 1. The molecule has 136 valence electrons. The molecule has 1 fully saturated rings. The van der Waals surface area contributed by atoms with Crippen LogP contribution < -0.4 is 5.32 Å². The minimum atomic E-state index is 0.0240. The molecule has 3 rings (SSSR count). The number of likely N-dealkylation sites (tertiary alicyclic amines) is 1. The van der Waals surface area contributed by atoms with E-state index in [1.54, 1.807) is 23.1 Å². The Morgan fingerprint density at radius 3 is 2.68 bits per heavy atom. The number of thioether (sulfide) groups is 1. The van der Waals surface area contributed by atoms with Gasteiger partial charge in [0.25, 0.3) is 0 Å². The molecule has 4 nitrogen and oxygen atoms in total. The van der Waals surface area contributed by atoms with Crippen LogP contribution in [-0.2, 0) is 17.6 Å². The Morgan fingerprint density at radius 1 is 1.16 bits per heavy atom. The van der Waals surface area contributed by atoms with Gasteiger partial charge in [0.15, 0.2) is 0 Å². The van der Waals surface area contributed by atoms with Crippen LogP contribution in [0.2, 0.25) is 0 Å². The van der Waals surface area contributed by atoms with Gasteiger partial charge in [0, 0.05) is 17.2 Å². The lowest BCUT2D eigenvalue weighted by Gasteiger charge is -2.19. The minimum Gasteiger partial charge on any atom is -0.316 e. The van der Waals surface area contributed by atoms with Gasteiger partial charge in [-0.15, -0.1) is 11.3 Å². The normalized spacial score (nSPS) is 18.2. The fourth-order valence-corrected chi connectivity index (χ4v) is 5.70. The first kappa shape index (κ1) is 18.8. The number of anilines is 1. The van der Waals surface area contributed by atoms with Gasteiger partial charge in [0.05, 0.1) is 11.3 Å². The molecule has 1 saturated heterocycles. The van der Waals surface area contributed by atoms with E-state index in [2.05, 4.69) is 16.3 Å². The van der Waals surface area contributed by atoms with Gasteiger partial charge in [0.2, 0.25) is 5.91 Å². The van der Waals surface area contributed by atoms with Crippen LogP contribution in [0.4, 0.5) is 5.00 Å². The highest BCUT2D eigenvalue weighted by molar-refractivity contribution is 7.99. The average molecular weight is 378 g/mol. The third kappa shape index (κ3) is 5.22. The molecule has 1 N–H and O–H groups in total. The Bertz CT molecular complexity index is 627. The quantitative estimate of drug-likeness (QED) is 0.760. The summed E-state index contributed by atoms with van der Waals surface area (Å²) in [5, 5.41) is 13.2. The Kier molecular flexibility index (Phi) is 7.21. The van der Waals surface area contributed by atoms with Crippen LogP contribution in [0.15, 0.2) is 0 Å². The molecule has 0 saturated carbocycles. The van der Waals surface area contributed by atoms with E-state index in [0.29, 0.717) is 11.3 Å². The highest BCUT2D eigenvalue weighted by Gasteiger charge is 2.21. The number of hydrogen-bond acceptors (Lipinski definition) is 5. The van der Waals surface area contributed by atoms with Crippen molar-refractivity contribution in [3.05, 3.63) is 16.0 Å². The van der Waals surface area contributed by atoms with E-state index < -0.39 is 0 Å². The molecule has 2 aliphatic rings. The van der Waals surface area contributed by atoms with Gasteiger partial charge in [-0.25, -0.2) is 0 Å². The third-order valence-corrected chi connectivity index (χ3v) is 7.16. The zero-order valence-corrected chi connectivity index (χ0v) is 16.4. The second-order valence-corrected chi connectivity index (χ2v) is 9.09. The molecule has 25 heavy (non-hydrogen) atoms. The Balaban J connectivity index is 1.43. The predicted octanol–water partition coefficient (Wildman–Crippen LogP) is 4.05. The molecular weight excluding hydrogens is 350 g/mol. The molecule has 0 bridgehead atoms. The molecule has 0 unspecified atom stereocenters. The van der Waals surface area contributed by atoms with Crippen molar-refractivity contribution in [1.82, 2.24) is 4.90 Å². The summed E-state index contributed by atoms with van der Waals surface area (Å²) in [5.74, 6) is 1.50. The minimum absolute atomic E-state index is 0.0240. The summed E-state index contributed by atoms with van der Waals surface area (Å²) in [6, 6.07) is 2.31. The molecule has 0 atom stereocenters. The lowest BCUT2D eigenvalue weighted by atomic mass is 9.96. The maximum Gasteiger partial charge on any atom is 0.235 e. The van der Waals surface area contributed by atoms with E-state index in [1.807, 2.05) is 0 Å². The summed E-state index contributed by atoms with van der Waals surface area (Å²) in [6.07, 6.45) is 9.72. The van der Waals surface area contributed by atoms with Gasteiger partial charge < -0.3 is 10.2 Å². The molecule has 2 heterocycles. The van der Waals surface area contributed by atoms with Gasteiger partial charge in [-0.3, -0.25) is 4.79 Å². The summed E-state index contributed by atoms with van der Waals surface area (Å²) in [4.78, 5) is 16.1. The fourth-order valence-electron chi connectivity index (χ4n) is 3.65. The number of nitrogens with one attached hydrogen (secondary N) is 1. The maximum atomic E-state index is 12.3. The van der Waals surface area contributed by atoms with Crippen molar-refractivity contribution in [3.8, 4) is 6.07 Å². The van der Waals surface area contributed by atoms with Crippen molar-refractivity contribution in [3.63, 3.8) is 0 Å².